The molecule has 0 bridgehead atoms. The number of carbonyl (C=O) groups is 2. The number of rotatable bonds is 5. The molecule has 0 aliphatic carbocycles. The van der Waals surface area contributed by atoms with Gasteiger partial charge in [0, 0.05) is 32.5 Å². The number of para-hydroxylation sites is 1. The van der Waals surface area contributed by atoms with Crippen LogP contribution in [0.1, 0.15) is 35.2 Å². The summed E-state index contributed by atoms with van der Waals surface area (Å²) in [5, 5.41) is 0. The number of hydrogen-bond donors (Lipinski definition) is 1. The van der Waals surface area contributed by atoms with Crippen LogP contribution in [0.2, 0.25) is 0 Å². The van der Waals surface area contributed by atoms with Crippen molar-refractivity contribution in [3.8, 4) is 0 Å². The van der Waals surface area contributed by atoms with Crippen molar-refractivity contribution in [3.63, 3.8) is 0 Å². The summed E-state index contributed by atoms with van der Waals surface area (Å²) < 4.78 is 0. The summed E-state index contributed by atoms with van der Waals surface area (Å²) in [5.74, 6) is 0.415. The van der Waals surface area contributed by atoms with Gasteiger partial charge in [-0.25, -0.2) is 0 Å². The number of benzene rings is 2. The summed E-state index contributed by atoms with van der Waals surface area (Å²) in [5.41, 5.74) is 8.44. The largest absolute Gasteiger partial charge is 0.338 e. The van der Waals surface area contributed by atoms with Gasteiger partial charge in [0.1, 0.15) is 0 Å². The van der Waals surface area contributed by atoms with Gasteiger partial charge in [0.2, 0.25) is 5.91 Å². The minimum absolute atomic E-state index is 0.0151. The molecule has 1 heterocycles. The van der Waals surface area contributed by atoms with Crippen LogP contribution in [0.25, 0.3) is 0 Å². The maximum Gasteiger partial charge on any atom is 0.256 e. The van der Waals surface area contributed by atoms with Crippen LogP contribution in [0.4, 0.5) is 5.69 Å². The zero-order valence-electron chi connectivity index (χ0n) is 16.0. The number of anilines is 1. The fourth-order valence-electron chi connectivity index (χ4n) is 3.84. The highest BCUT2D eigenvalue weighted by Gasteiger charge is 2.36. The molecule has 2 aromatic carbocycles. The first kappa shape index (κ1) is 19.1. The van der Waals surface area contributed by atoms with E-state index in [1.54, 1.807) is 18.0 Å². The van der Waals surface area contributed by atoms with Gasteiger partial charge in [-0.3, -0.25) is 9.59 Å². The van der Waals surface area contributed by atoms with Gasteiger partial charge in [-0.15, -0.1) is 0 Å². The summed E-state index contributed by atoms with van der Waals surface area (Å²) >= 11 is 0. The maximum absolute atomic E-state index is 13.3. The predicted octanol–water partition coefficient (Wildman–Crippen LogP) is 2.87. The minimum Gasteiger partial charge on any atom is -0.338 e. The fourth-order valence-corrected chi connectivity index (χ4v) is 3.84. The van der Waals surface area contributed by atoms with E-state index in [2.05, 4.69) is 12.1 Å². The molecule has 2 N–H and O–H groups in total. The zero-order chi connectivity index (χ0) is 19.4. The average molecular weight is 365 g/mol. The highest BCUT2D eigenvalue weighted by Crippen LogP contribution is 2.34. The van der Waals surface area contributed by atoms with Crippen LogP contribution in [-0.2, 0) is 4.79 Å². The van der Waals surface area contributed by atoms with Gasteiger partial charge in [-0.05, 0) is 30.2 Å². The van der Waals surface area contributed by atoms with Crippen LogP contribution in [-0.4, -0.2) is 43.4 Å². The molecule has 5 heteroatoms. The van der Waals surface area contributed by atoms with Gasteiger partial charge < -0.3 is 15.5 Å². The molecule has 2 aromatic rings. The van der Waals surface area contributed by atoms with E-state index in [0.29, 0.717) is 37.3 Å². The number of nitrogens with two attached hydrogens (primary N) is 1. The molecular weight excluding hydrogens is 338 g/mol. The van der Waals surface area contributed by atoms with Crippen LogP contribution in [0.3, 0.4) is 0 Å². The Morgan fingerprint density at radius 3 is 2.41 bits per heavy atom. The van der Waals surface area contributed by atoms with Crippen molar-refractivity contribution in [3.05, 3.63) is 65.7 Å². The van der Waals surface area contributed by atoms with E-state index in [4.69, 9.17) is 5.73 Å². The topological polar surface area (TPSA) is 66.6 Å². The van der Waals surface area contributed by atoms with Gasteiger partial charge in [-0.1, -0.05) is 49.4 Å². The Morgan fingerprint density at radius 1 is 1.07 bits per heavy atom. The summed E-state index contributed by atoms with van der Waals surface area (Å²) in [7, 11) is 1.72. The highest BCUT2D eigenvalue weighted by atomic mass is 16.2. The number of hydrogen-bond acceptors (Lipinski definition) is 3. The molecule has 1 aliphatic heterocycles. The molecule has 5 nitrogen and oxygen atoms in total. The van der Waals surface area contributed by atoms with Crippen LogP contribution < -0.4 is 10.6 Å². The summed E-state index contributed by atoms with van der Waals surface area (Å²) in [4.78, 5) is 28.8. The second-order valence-corrected chi connectivity index (χ2v) is 7.05. The van der Waals surface area contributed by atoms with Crippen molar-refractivity contribution < 1.29 is 9.59 Å². The quantitative estimate of drug-likeness (QED) is 0.886. The normalized spacial score (nSPS) is 19.1. The van der Waals surface area contributed by atoms with Crippen LogP contribution >= 0.6 is 0 Å². The lowest BCUT2D eigenvalue weighted by molar-refractivity contribution is -0.118. The molecule has 1 saturated heterocycles. The Labute approximate surface area is 160 Å². The van der Waals surface area contributed by atoms with Crippen molar-refractivity contribution in [2.24, 2.45) is 11.7 Å². The van der Waals surface area contributed by atoms with E-state index in [1.165, 1.54) is 5.56 Å². The zero-order valence-corrected chi connectivity index (χ0v) is 16.0. The maximum atomic E-state index is 13.3. The van der Waals surface area contributed by atoms with E-state index in [9.17, 15) is 9.59 Å². The van der Waals surface area contributed by atoms with Gasteiger partial charge in [0.05, 0.1) is 11.3 Å². The first-order chi connectivity index (χ1) is 13.1. The van der Waals surface area contributed by atoms with Crippen molar-refractivity contribution >= 4 is 17.5 Å². The Kier molecular flexibility index (Phi) is 5.91. The Morgan fingerprint density at radius 2 is 1.74 bits per heavy atom. The van der Waals surface area contributed by atoms with Gasteiger partial charge >= 0.3 is 0 Å². The summed E-state index contributed by atoms with van der Waals surface area (Å²) in [6, 6.07) is 17.6. The second kappa shape index (κ2) is 8.35. The van der Waals surface area contributed by atoms with Crippen LogP contribution in [0, 0.1) is 5.92 Å². The third-order valence-corrected chi connectivity index (χ3v) is 5.43. The lowest BCUT2D eigenvalue weighted by atomic mass is 9.89. The Hall–Kier alpha value is -2.66. The first-order valence-corrected chi connectivity index (χ1v) is 9.46. The molecular formula is C22H27N3O2. The van der Waals surface area contributed by atoms with E-state index >= 15 is 0 Å². The van der Waals surface area contributed by atoms with E-state index in [1.807, 2.05) is 48.2 Å². The van der Waals surface area contributed by atoms with E-state index in [0.717, 1.165) is 0 Å². The minimum atomic E-state index is -0.0433. The fraction of sp³-hybridized carbons (Fsp3) is 0.364. The summed E-state index contributed by atoms with van der Waals surface area (Å²) in [6.07, 6.45) is 0.397. The van der Waals surface area contributed by atoms with Gasteiger partial charge in [0.15, 0.2) is 0 Å². The number of carbonyl (C=O) groups excluding carboxylic acids is 2. The molecule has 27 heavy (non-hydrogen) atoms. The van der Waals surface area contributed by atoms with E-state index < -0.39 is 0 Å². The lowest BCUT2D eigenvalue weighted by Crippen LogP contribution is -2.33. The SMILES string of the molecule is CCC(=O)N(C)c1ccccc1C(=O)N1C[C@@H](CN)[C@H](c2ccccc2)C1. The van der Waals surface area contributed by atoms with Crippen molar-refractivity contribution in [2.45, 2.75) is 19.3 Å². The molecule has 0 aromatic heterocycles. The predicted molar refractivity (Wildman–Crippen MR) is 108 cm³/mol. The molecule has 0 spiro atoms. The number of nitrogens with zero attached hydrogens (tertiary/aromatic N) is 2. The molecule has 1 fully saturated rings. The number of amides is 2. The van der Waals surface area contributed by atoms with Gasteiger partial charge in [-0.2, -0.15) is 0 Å². The molecule has 0 radical (unpaired) electrons. The van der Waals surface area contributed by atoms with Crippen LogP contribution in [0.15, 0.2) is 54.6 Å². The first-order valence-electron chi connectivity index (χ1n) is 9.46. The second-order valence-electron chi connectivity index (χ2n) is 7.05. The Balaban J connectivity index is 1.86. The van der Waals surface area contributed by atoms with Crippen LogP contribution in [0.5, 0.6) is 0 Å². The standard InChI is InChI=1S/C22H27N3O2/c1-3-21(26)24(2)20-12-8-7-11-18(20)22(27)25-14-17(13-23)19(15-25)16-9-5-4-6-10-16/h4-12,17,19H,3,13-15,23H2,1-2H3/t17-,19+/m1/s1. The van der Waals surface area contributed by atoms with Crippen molar-refractivity contribution in [1.82, 2.24) is 4.90 Å². The highest BCUT2D eigenvalue weighted by molar-refractivity contribution is 6.04. The molecule has 142 valence electrons. The molecule has 1 aliphatic rings. The smallest absolute Gasteiger partial charge is 0.256 e. The lowest BCUT2D eigenvalue weighted by Gasteiger charge is -2.23. The van der Waals surface area contributed by atoms with E-state index in [-0.39, 0.29) is 23.7 Å². The van der Waals surface area contributed by atoms with Gasteiger partial charge in [0.25, 0.3) is 5.91 Å². The molecule has 2 atom stereocenters. The third-order valence-electron chi connectivity index (χ3n) is 5.43. The third kappa shape index (κ3) is 3.88. The molecule has 0 saturated carbocycles. The molecule has 0 unspecified atom stereocenters. The monoisotopic (exact) mass is 365 g/mol. The van der Waals surface area contributed by atoms with Crippen molar-refractivity contribution in [2.75, 3.05) is 31.6 Å². The number of likely N-dealkylation sites (tertiary alicyclic amines) is 1. The molecule has 3 rings (SSSR count). The van der Waals surface area contributed by atoms with Crippen molar-refractivity contribution in [1.29, 1.82) is 0 Å². The summed E-state index contributed by atoms with van der Waals surface area (Å²) in [6.45, 7) is 3.64. The Bertz CT molecular complexity index is 806. The average Bonchev–Trinajstić information content (AvgIpc) is 3.17. The molecule has 2 amide bonds.